The Hall–Kier alpha value is -1.51. The van der Waals surface area contributed by atoms with E-state index in [9.17, 15) is 0 Å². The number of nitrogens with zero attached hydrogens (tertiary/aromatic N) is 1. The predicted molar refractivity (Wildman–Crippen MR) is 56.7 cm³/mol. The molecule has 1 aromatic heterocycles. The fourth-order valence-electron chi connectivity index (χ4n) is 0.973. The van der Waals surface area contributed by atoms with Crippen molar-refractivity contribution in [3.05, 3.63) is 30.5 Å². The van der Waals surface area contributed by atoms with Gasteiger partial charge in [0.15, 0.2) is 0 Å². The van der Waals surface area contributed by atoms with Gasteiger partial charge in [-0.25, -0.2) is 4.98 Å². The minimum absolute atomic E-state index is 0.731. The van der Waals surface area contributed by atoms with Crippen LogP contribution in [0.25, 0.3) is 0 Å². The van der Waals surface area contributed by atoms with Crippen molar-refractivity contribution in [2.75, 3.05) is 17.6 Å². The van der Waals surface area contributed by atoms with Gasteiger partial charge in [-0.05, 0) is 25.5 Å². The molecule has 13 heavy (non-hydrogen) atoms. The van der Waals surface area contributed by atoms with Crippen molar-refractivity contribution in [1.82, 2.24) is 4.98 Å². The van der Waals surface area contributed by atoms with Gasteiger partial charge in [0.2, 0.25) is 0 Å². The van der Waals surface area contributed by atoms with Crippen molar-refractivity contribution in [2.45, 2.75) is 13.3 Å². The van der Waals surface area contributed by atoms with Crippen LogP contribution >= 0.6 is 0 Å². The van der Waals surface area contributed by atoms with Crippen molar-refractivity contribution >= 4 is 11.5 Å². The zero-order chi connectivity index (χ0) is 9.68. The van der Waals surface area contributed by atoms with E-state index in [1.54, 1.807) is 0 Å². The van der Waals surface area contributed by atoms with E-state index in [0.29, 0.717) is 0 Å². The number of nitrogens with two attached hydrogens (primary N) is 1. The molecule has 0 amide bonds. The Morgan fingerprint density at radius 1 is 1.62 bits per heavy atom. The summed E-state index contributed by atoms with van der Waals surface area (Å²) in [5.41, 5.74) is 7.23. The Balaban J connectivity index is 2.57. The molecular formula is C10H15N3. The number of anilines is 2. The third-order valence-electron chi connectivity index (χ3n) is 1.78. The Bertz CT molecular complexity index is 294. The molecule has 0 unspecified atom stereocenters. The molecule has 0 saturated heterocycles. The molecule has 0 saturated carbocycles. The van der Waals surface area contributed by atoms with Crippen LogP contribution in [-0.4, -0.2) is 11.5 Å². The van der Waals surface area contributed by atoms with Gasteiger partial charge in [-0.3, -0.25) is 0 Å². The maximum Gasteiger partial charge on any atom is 0.126 e. The summed E-state index contributed by atoms with van der Waals surface area (Å²) in [5.74, 6) is 0.869. The molecule has 1 rings (SSSR count). The summed E-state index contributed by atoms with van der Waals surface area (Å²) in [5, 5.41) is 3.18. The van der Waals surface area contributed by atoms with E-state index >= 15 is 0 Å². The van der Waals surface area contributed by atoms with Crippen molar-refractivity contribution in [2.24, 2.45) is 0 Å². The molecule has 70 valence electrons. The third-order valence-corrected chi connectivity index (χ3v) is 1.78. The zero-order valence-corrected chi connectivity index (χ0v) is 7.88. The van der Waals surface area contributed by atoms with Crippen LogP contribution in [0.2, 0.25) is 0 Å². The van der Waals surface area contributed by atoms with Crippen LogP contribution in [0.4, 0.5) is 11.5 Å². The lowest BCUT2D eigenvalue weighted by Gasteiger charge is -2.05. The van der Waals surface area contributed by atoms with Crippen LogP contribution < -0.4 is 11.1 Å². The van der Waals surface area contributed by atoms with Crippen LogP contribution in [0.3, 0.4) is 0 Å². The summed E-state index contributed by atoms with van der Waals surface area (Å²) in [6, 6.07) is 3.74. The first-order valence-corrected chi connectivity index (χ1v) is 4.32. The van der Waals surface area contributed by atoms with E-state index in [0.717, 1.165) is 30.2 Å². The van der Waals surface area contributed by atoms with Crippen LogP contribution in [-0.2, 0) is 0 Å². The van der Waals surface area contributed by atoms with E-state index in [1.807, 2.05) is 25.1 Å². The van der Waals surface area contributed by atoms with E-state index in [2.05, 4.69) is 16.9 Å². The van der Waals surface area contributed by atoms with Crippen LogP contribution in [0.15, 0.2) is 24.8 Å². The minimum atomic E-state index is 0.731. The Morgan fingerprint density at radius 3 is 3.00 bits per heavy atom. The van der Waals surface area contributed by atoms with E-state index in [4.69, 9.17) is 5.73 Å². The van der Waals surface area contributed by atoms with E-state index in [-0.39, 0.29) is 0 Å². The molecule has 1 heterocycles. The maximum absolute atomic E-state index is 5.64. The highest BCUT2D eigenvalue weighted by atomic mass is 15.0. The largest absolute Gasteiger partial charge is 0.397 e. The Labute approximate surface area is 78.7 Å². The highest BCUT2D eigenvalue weighted by Crippen LogP contribution is 2.11. The third kappa shape index (κ3) is 2.78. The molecular weight excluding hydrogens is 162 g/mol. The monoisotopic (exact) mass is 177 g/mol. The quantitative estimate of drug-likeness (QED) is 0.546. The number of nitrogens with one attached hydrogen (secondary N) is 1. The fraction of sp³-hybridized carbons (Fsp3) is 0.300. The molecule has 0 aliphatic heterocycles. The van der Waals surface area contributed by atoms with Crippen LogP contribution in [0.5, 0.6) is 0 Å². The molecule has 3 N–H and O–H groups in total. The summed E-state index contributed by atoms with van der Waals surface area (Å²) in [6.45, 7) is 6.40. The minimum Gasteiger partial charge on any atom is -0.397 e. The molecule has 1 aromatic rings. The maximum atomic E-state index is 5.64. The molecule has 0 fully saturated rings. The standard InChI is InChI=1S/C10H15N3/c1-3-4-7-12-10-6-5-9(11)8(2)13-10/h3,5-6H,1,4,7,11H2,2H3,(H,12,13). The number of aryl methyl sites for hydroxylation is 1. The van der Waals surface area contributed by atoms with Crippen LogP contribution in [0, 0.1) is 6.92 Å². The van der Waals surface area contributed by atoms with Gasteiger partial charge >= 0.3 is 0 Å². The summed E-state index contributed by atoms with van der Waals surface area (Å²) < 4.78 is 0. The second-order valence-corrected chi connectivity index (χ2v) is 2.88. The van der Waals surface area contributed by atoms with Gasteiger partial charge in [0.05, 0.1) is 11.4 Å². The molecule has 0 aliphatic rings. The average molecular weight is 177 g/mol. The van der Waals surface area contributed by atoms with Crippen molar-refractivity contribution in [3.63, 3.8) is 0 Å². The highest BCUT2D eigenvalue weighted by Gasteiger charge is 1.96. The first kappa shape index (κ1) is 9.58. The lowest BCUT2D eigenvalue weighted by Crippen LogP contribution is -2.03. The lowest BCUT2D eigenvalue weighted by atomic mass is 10.3. The van der Waals surface area contributed by atoms with E-state index < -0.39 is 0 Å². The first-order chi connectivity index (χ1) is 6.24. The number of hydrogen-bond acceptors (Lipinski definition) is 3. The van der Waals surface area contributed by atoms with Gasteiger partial charge < -0.3 is 11.1 Å². The summed E-state index contributed by atoms with van der Waals surface area (Å²) in [7, 11) is 0. The second kappa shape index (κ2) is 4.50. The van der Waals surface area contributed by atoms with Gasteiger partial charge in [-0.15, -0.1) is 6.58 Å². The normalized spacial score (nSPS) is 9.62. The van der Waals surface area contributed by atoms with E-state index in [1.165, 1.54) is 0 Å². The zero-order valence-electron chi connectivity index (χ0n) is 7.88. The first-order valence-electron chi connectivity index (χ1n) is 4.32. The number of rotatable bonds is 4. The predicted octanol–water partition coefficient (Wildman–Crippen LogP) is 1.96. The molecule has 3 heteroatoms. The molecule has 3 nitrogen and oxygen atoms in total. The molecule has 0 atom stereocenters. The van der Waals surface area contributed by atoms with Gasteiger partial charge in [-0.1, -0.05) is 6.08 Å². The smallest absolute Gasteiger partial charge is 0.126 e. The topological polar surface area (TPSA) is 50.9 Å². The van der Waals surface area contributed by atoms with Gasteiger partial charge in [0.25, 0.3) is 0 Å². The van der Waals surface area contributed by atoms with Crippen LogP contribution in [0.1, 0.15) is 12.1 Å². The number of nitrogen functional groups attached to an aromatic ring is 1. The van der Waals surface area contributed by atoms with Gasteiger partial charge in [0.1, 0.15) is 5.82 Å². The fourth-order valence-corrected chi connectivity index (χ4v) is 0.973. The van der Waals surface area contributed by atoms with Crippen molar-refractivity contribution in [3.8, 4) is 0 Å². The average Bonchev–Trinajstić information content (AvgIpc) is 2.12. The molecule has 0 aromatic carbocycles. The summed E-state index contributed by atoms with van der Waals surface area (Å²) in [6.07, 6.45) is 2.81. The van der Waals surface area contributed by atoms with Crippen molar-refractivity contribution < 1.29 is 0 Å². The highest BCUT2D eigenvalue weighted by molar-refractivity contribution is 5.48. The van der Waals surface area contributed by atoms with Gasteiger partial charge in [0, 0.05) is 6.54 Å². The SMILES string of the molecule is C=CCCNc1ccc(N)c(C)n1. The molecule has 0 radical (unpaired) electrons. The molecule has 0 aliphatic carbocycles. The van der Waals surface area contributed by atoms with Gasteiger partial charge in [-0.2, -0.15) is 0 Å². The summed E-state index contributed by atoms with van der Waals surface area (Å²) >= 11 is 0. The number of pyridine rings is 1. The number of aromatic nitrogens is 1. The number of hydrogen-bond donors (Lipinski definition) is 2. The molecule has 0 bridgehead atoms. The second-order valence-electron chi connectivity index (χ2n) is 2.88. The Kier molecular flexibility index (Phi) is 3.31. The van der Waals surface area contributed by atoms with Crippen molar-refractivity contribution in [1.29, 1.82) is 0 Å². The summed E-state index contributed by atoms with van der Waals surface area (Å²) in [4.78, 5) is 4.27. The Morgan fingerprint density at radius 2 is 2.38 bits per heavy atom. The lowest BCUT2D eigenvalue weighted by molar-refractivity contribution is 1.04. The molecule has 0 spiro atoms.